The molecule has 3 aromatic rings. The average Bonchev–Trinajstić information content (AvgIpc) is 2.76. The number of carbonyl (C=O) groups excluding carboxylic acids is 1. The van der Waals surface area contributed by atoms with Crippen molar-refractivity contribution in [3.8, 4) is 5.88 Å². The van der Waals surface area contributed by atoms with Gasteiger partial charge in [0.1, 0.15) is 11.6 Å². The Bertz CT molecular complexity index is 1010. The molecule has 0 saturated carbocycles. The molecule has 1 N–H and O–H groups in total. The van der Waals surface area contributed by atoms with E-state index in [1.807, 2.05) is 18.2 Å². The van der Waals surface area contributed by atoms with Gasteiger partial charge in [0.25, 0.3) is 5.91 Å². The van der Waals surface area contributed by atoms with Crippen molar-refractivity contribution in [1.82, 2.24) is 15.3 Å². The van der Waals surface area contributed by atoms with E-state index in [4.69, 9.17) is 9.47 Å². The van der Waals surface area contributed by atoms with Crippen molar-refractivity contribution in [3.05, 3.63) is 77.1 Å². The smallest absolute Gasteiger partial charge is 0.254 e. The minimum absolute atomic E-state index is 0.193. The van der Waals surface area contributed by atoms with Crippen LogP contribution >= 0.6 is 11.8 Å². The SMILES string of the molecule is COCCOc1ncccc1CNC(=O)c1cccnc1Sc1ccc(C)c(C)c1. The first-order chi connectivity index (χ1) is 14.6. The lowest BCUT2D eigenvalue weighted by atomic mass is 10.1. The minimum atomic E-state index is -0.193. The largest absolute Gasteiger partial charge is 0.475 e. The van der Waals surface area contributed by atoms with E-state index in [9.17, 15) is 4.79 Å². The number of aryl methyl sites for hydroxylation is 2. The number of ether oxygens (including phenoxy) is 2. The molecule has 0 bridgehead atoms. The quantitative estimate of drug-likeness (QED) is 0.520. The molecule has 0 aliphatic heterocycles. The molecule has 0 radical (unpaired) electrons. The van der Waals surface area contributed by atoms with Crippen molar-refractivity contribution in [3.63, 3.8) is 0 Å². The summed E-state index contributed by atoms with van der Waals surface area (Å²) in [6.07, 6.45) is 3.36. The molecule has 0 spiro atoms. The fourth-order valence-electron chi connectivity index (χ4n) is 2.72. The standard InChI is InChI=1S/C23H25N3O3S/c1-16-8-9-19(14-17(16)2)30-23-20(7-5-11-25-23)21(27)26-15-18-6-4-10-24-22(18)29-13-12-28-3/h4-11,14H,12-13,15H2,1-3H3,(H,26,27). The summed E-state index contributed by atoms with van der Waals surface area (Å²) in [6, 6.07) is 13.5. The third-order valence-corrected chi connectivity index (χ3v) is 5.53. The predicted molar refractivity (Wildman–Crippen MR) is 117 cm³/mol. The highest BCUT2D eigenvalue weighted by molar-refractivity contribution is 7.99. The summed E-state index contributed by atoms with van der Waals surface area (Å²) < 4.78 is 10.6. The molecule has 30 heavy (non-hydrogen) atoms. The van der Waals surface area contributed by atoms with Crippen LogP contribution in [0.5, 0.6) is 5.88 Å². The Morgan fingerprint density at radius 3 is 2.63 bits per heavy atom. The monoisotopic (exact) mass is 423 g/mol. The third kappa shape index (κ3) is 5.81. The highest BCUT2D eigenvalue weighted by Gasteiger charge is 2.15. The summed E-state index contributed by atoms with van der Waals surface area (Å²) in [4.78, 5) is 22.6. The van der Waals surface area contributed by atoms with Crippen LogP contribution < -0.4 is 10.1 Å². The number of nitrogens with one attached hydrogen (secondary N) is 1. The van der Waals surface area contributed by atoms with Gasteiger partial charge in [0.05, 0.1) is 12.2 Å². The highest BCUT2D eigenvalue weighted by Crippen LogP contribution is 2.30. The van der Waals surface area contributed by atoms with Crippen LogP contribution in [0.15, 0.2) is 64.8 Å². The lowest BCUT2D eigenvalue weighted by Crippen LogP contribution is -2.24. The van der Waals surface area contributed by atoms with Crippen molar-refractivity contribution >= 4 is 17.7 Å². The molecule has 156 valence electrons. The fourth-order valence-corrected chi connectivity index (χ4v) is 3.69. The van der Waals surface area contributed by atoms with Crippen molar-refractivity contribution in [2.24, 2.45) is 0 Å². The molecule has 1 aromatic carbocycles. The third-order valence-electron chi connectivity index (χ3n) is 4.52. The number of carbonyl (C=O) groups is 1. The average molecular weight is 424 g/mol. The molecule has 6 nitrogen and oxygen atoms in total. The molecular weight excluding hydrogens is 398 g/mol. The molecule has 2 heterocycles. The number of pyridine rings is 2. The number of hydrogen-bond donors (Lipinski definition) is 1. The Morgan fingerprint density at radius 2 is 1.83 bits per heavy atom. The van der Waals surface area contributed by atoms with Crippen molar-refractivity contribution in [2.75, 3.05) is 20.3 Å². The zero-order valence-electron chi connectivity index (χ0n) is 17.3. The maximum atomic E-state index is 12.9. The van der Waals surface area contributed by atoms with Gasteiger partial charge in [0, 0.05) is 36.5 Å². The first-order valence-corrected chi connectivity index (χ1v) is 10.4. The van der Waals surface area contributed by atoms with Crippen LogP contribution in [0.4, 0.5) is 0 Å². The first kappa shape index (κ1) is 21.8. The van der Waals surface area contributed by atoms with Gasteiger partial charge in [0.15, 0.2) is 0 Å². The van der Waals surface area contributed by atoms with E-state index < -0.39 is 0 Å². The maximum absolute atomic E-state index is 12.9. The fraction of sp³-hybridized carbons (Fsp3) is 0.261. The molecule has 0 unspecified atom stereocenters. The Hall–Kier alpha value is -2.90. The van der Waals surface area contributed by atoms with Gasteiger partial charge >= 0.3 is 0 Å². The number of amides is 1. The van der Waals surface area contributed by atoms with Crippen LogP contribution in [-0.2, 0) is 11.3 Å². The molecule has 0 atom stereocenters. The second-order valence-electron chi connectivity index (χ2n) is 6.70. The lowest BCUT2D eigenvalue weighted by Gasteiger charge is -2.12. The van der Waals surface area contributed by atoms with E-state index >= 15 is 0 Å². The molecule has 0 aliphatic rings. The summed E-state index contributed by atoms with van der Waals surface area (Å²) in [7, 11) is 1.62. The van der Waals surface area contributed by atoms with Crippen LogP contribution in [0.3, 0.4) is 0 Å². The number of nitrogens with zero attached hydrogens (tertiary/aromatic N) is 2. The summed E-state index contributed by atoms with van der Waals surface area (Å²) >= 11 is 1.48. The van der Waals surface area contributed by atoms with Gasteiger partial charge in [-0.25, -0.2) is 9.97 Å². The van der Waals surface area contributed by atoms with Gasteiger partial charge in [-0.05, 0) is 55.3 Å². The van der Waals surface area contributed by atoms with E-state index in [2.05, 4.69) is 41.3 Å². The van der Waals surface area contributed by atoms with Crippen LogP contribution in [0.25, 0.3) is 0 Å². The Kier molecular flexibility index (Phi) is 7.82. The van der Waals surface area contributed by atoms with Gasteiger partial charge in [-0.3, -0.25) is 4.79 Å². The Labute approximate surface area is 181 Å². The Balaban J connectivity index is 1.70. The van der Waals surface area contributed by atoms with E-state index in [1.54, 1.807) is 31.6 Å². The highest BCUT2D eigenvalue weighted by atomic mass is 32.2. The molecule has 1 amide bonds. The second-order valence-corrected chi connectivity index (χ2v) is 7.76. The van der Waals surface area contributed by atoms with E-state index in [0.717, 1.165) is 10.5 Å². The van der Waals surface area contributed by atoms with Gasteiger partial charge in [-0.15, -0.1) is 0 Å². The van der Waals surface area contributed by atoms with Crippen LogP contribution in [0, 0.1) is 13.8 Å². The number of methoxy groups -OCH3 is 1. The number of aromatic nitrogens is 2. The van der Waals surface area contributed by atoms with E-state index in [0.29, 0.717) is 36.2 Å². The first-order valence-electron chi connectivity index (χ1n) is 9.62. The zero-order valence-corrected chi connectivity index (χ0v) is 18.2. The van der Waals surface area contributed by atoms with Gasteiger partial charge < -0.3 is 14.8 Å². The molecule has 7 heteroatoms. The van der Waals surface area contributed by atoms with Crippen LogP contribution in [0.1, 0.15) is 27.0 Å². The molecular formula is C23H25N3O3S. The lowest BCUT2D eigenvalue weighted by molar-refractivity contribution is 0.0946. The Morgan fingerprint density at radius 1 is 1.03 bits per heavy atom. The summed E-state index contributed by atoms with van der Waals surface area (Å²) in [5.41, 5.74) is 3.78. The molecule has 0 fully saturated rings. The summed E-state index contributed by atoms with van der Waals surface area (Å²) in [5.74, 6) is 0.298. The summed E-state index contributed by atoms with van der Waals surface area (Å²) in [5, 5.41) is 3.62. The summed E-state index contributed by atoms with van der Waals surface area (Å²) in [6.45, 7) is 5.32. The number of hydrogen-bond acceptors (Lipinski definition) is 6. The minimum Gasteiger partial charge on any atom is -0.475 e. The second kappa shape index (κ2) is 10.8. The normalized spacial score (nSPS) is 10.6. The molecule has 2 aromatic heterocycles. The van der Waals surface area contributed by atoms with Crippen molar-refractivity contribution in [1.29, 1.82) is 0 Å². The van der Waals surface area contributed by atoms with Gasteiger partial charge in [0.2, 0.25) is 5.88 Å². The predicted octanol–water partition coefficient (Wildman–Crippen LogP) is 4.20. The van der Waals surface area contributed by atoms with Crippen molar-refractivity contribution < 1.29 is 14.3 Å². The number of benzene rings is 1. The van der Waals surface area contributed by atoms with Gasteiger partial charge in [-0.1, -0.05) is 23.9 Å². The molecule has 3 rings (SSSR count). The van der Waals surface area contributed by atoms with Crippen molar-refractivity contribution in [2.45, 2.75) is 30.3 Å². The topological polar surface area (TPSA) is 73.3 Å². The zero-order chi connectivity index (χ0) is 21.3. The van der Waals surface area contributed by atoms with Crippen LogP contribution in [0.2, 0.25) is 0 Å². The molecule has 0 saturated heterocycles. The van der Waals surface area contributed by atoms with E-state index in [-0.39, 0.29) is 5.91 Å². The number of rotatable bonds is 9. The maximum Gasteiger partial charge on any atom is 0.254 e. The molecule has 0 aliphatic carbocycles. The van der Waals surface area contributed by atoms with Gasteiger partial charge in [-0.2, -0.15) is 0 Å². The van der Waals surface area contributed by atoms with E-state index in [1.165, 1.54) is 22.9 Å². The van der Waals surface area contributed by atoms with Crippen LogP contribution in [-0.4, -0.2) is 36.2 Å².